The molecule has 1 atom stereocenters. The van der Waals surface area contributed by atoms with Crippen molar-refractivity contribution in [3.63, 3.8) is 0 Å². The molecule has 1 amide bonds. The molecule has 6 nitrogen and oxygen atoms in total. The van der Waals surface area contributed by atoms with Crippen LogP contribution in [-0.2, 0) is 4.79 Å². The van der Waals surface area contributed by atoms with E-state index in [1.807, 2.05) is 0 Å². The summed E-state index contributed by atoms with van der Waals surface area (Å²) in [7, 11) is 1.55. The molecule has 2 rings (SSSR count). The lowest BCUT2D eigenvalue weighted by atomic mass is 10.1. The van der Waals surface area contributed by atoms with Gasteiger partial charge >= 0.3 is 5.97 Å². The van der Waals surface area contributed by atoms with Crippen LogP contribution in [0.15, 0.2) is 42.5 Å². The summed E-state index contributed by atoms with van der Waals surface area (Å²) >= 11 is 0. The number of carboxylic acids is 1. The highest BCUT2D eigenvalue weighted by molar-refractivity contribution is 5.96. The topological polar surface area (TPSA) is 84.9 Å². The number of methoxy groups -OCH3 is 1. The Hall–Kier alpha value is -3.02. The first-order valence-electron chi connectivity index (χ1n) is 7.36. The summed E-state index contributed by atoms with van der Waals surface area (Å²) in [5.41, 5.74) is 1.32. The number of carbonyl (C=O) groups excluding carboxylic acids is 1. The summed E-state index contributed by atoms with van der Waals surface area (Å²) in [6.45, 7) is 3.40. The van der Waals surface area contributed by atoms with Crippen molar-refractivity contribution in [2.45, 2.75) is 20.0 Å². The van der Waals surface area contributed by atoms with E-state index in [9.17, 15) is 9.59 Å². The molecule has 0 fully saturated rings. The fourth-order valence-electron chi connectivity index (χ4n) is 2.06. The number of hydrogen-bond donors (Lipinski definition) is 2. The first-order chi connectivity index (χ1) is 11.4. The highest BCUT2D eigenvalue weighted by Gasteiger charge is 2.17. The molecule has 1 unspecified atom stereocenters. The Morgan fingerprint density at radius 3 is 2.50 bits per heavy atom. The number of hydrogen-bond acceptors (Lipinski definition) is 4. The maximum absolute atomic E-state index is 12.3. The number of nitrogens with one attached hydrogen (secondary N) is 1. The molecule has 2 N–H and O–H groups in total. The predicted molar refractivity (Wildman–Crippen MR) is 89.9 cm³/mol. The standard InChI is InChI=1S/C18H19NO5/c1-11-7-8-13(18(21)22)9-16(11)19-17(20)12(2)24-15-6-4-5-14(10-15)23-3/h4-10,12H,1-3H3,(H,19,20)(H,21,22). The van der Waals surface area contributed by atoms with Gasteiger partial charge in [0.1, 0.15) is 11.5 Å². The van der Waals surface area contributed by atoms with Crippen molar-refractivity contribution < 1.29 is 24.2 Å². The van der Waals surface area contributed by atoms with Gasteiger partial charge in [0.15, 0.2) is 6.10 Å². The Kier molecular flexibility index (Phi) is 5.42. The minimum Gasteiger partial charge on any atom is -0.497 e. The fraction of sp³-hybridized carbons (Fsp3) is 0.222. The number of carboxylic acid groups (broad SMARTS) is 1. The summed E-state index contributed by atoms with van der Waals surface area (Å²) in [5, 5.41) is 11.7. The Labute approximate surface area is 140 Å². The van der Waals surface area contributed by atoms with Gasteiger partial charge in [-0.25, -0.2) is 4.79 Å². The number of amides is 1. The van der Waals surface area contributed by atoms with Crippen LogP contribution in [0.4, 0.5) is 5.69 Å². The van der Waals surface area contributed by atoms with Crippen LogP contribution >= 0.6 is 0 Å². The van der Waals surface area contributed by atoms with Crippen LogP contribution in [0.1, 0.15) is 22.8 Å². The molecule has 0 saturated carbocycles. The van der Waals surface area contributed by atoms with Crippen molar-refractivity contribution >= 4 is 17.6 Å². The van der Waals surface area contributed by atoms with E-state index in [4.69, 9.17) is 14.6 Å². The van der Waals surface area contributed by atoms with Crippen molar-refractivity contribution in [2.24, 2.45) is 0 Å². The van der Waals surface area contributed by atoms with E-state index < -0.39 is 12.1 Å². The van der Waals surface area contributed by atoms with Crippen molar-refractivity contribution in [2.75, 3.05) is 12.4 Å². The van der Waals surface area contributed by atoms with Crippen LogP contribution in [0.3, 0.4) is 0 Å². The highest BCUT2D eigenvalue weighted by Crippen LogP contribution is 2.21. The Bertz CT molecular complexity index is 757. The lowest BCUT2D eigenvalue weighted by Gasteiger charge is -2.16. The maximum Gasteiger partial charge on any atom is 0.335 e. The molecule has 0 aliphatic heterocycles. The van der Waals surface area contributed by atoms with Crippen LogP contribution in [0, 0.1) is 6.92 Å². The van der Waals surface area contributed by atoms with E-state index in [-0.39, 0.29) is 11.5 Å². The quantitative estimate of drug-likeness (QED) is 0.850. The maximum atomic E-state index is 12.3. The Balaban J connectivity index is 2.08. The molecule has 2 aromatic rings. The normalized spacial score (nSPS) is 11.5. The van der Waals surface area contributed by atoms with E-state index in [0.29, 0.717) is 17.2 Å². The van der Waals surface area contributed by atoms with Crippen molar-refractivity contribution in [1.29, 1.82) is 0 Å². The molecule has 126 valence electrons. The molecule has 0 radical (unpaired) electrons. The van der Waals surface area contributed by atoms with Crippen molar-refractivity contribution in [1.82, 2.24) is 0 Å². The third-order valence-corrected chi connectivity index (χ3v) is 3.47. The fourth-order valence-corrected chi connectivity index (χ4v) is 2.06. The van der Waals surface area contributed by atoms with Gasteiger partial charge in [0.2, 0.25) is 0 Å². The van der Waals surface area contributed by atoms with Gasteiger partial charge in [-0.05, 0) is 43.7 Å². The van der Waals surface area contributed by atoms with E-state index in [1.165, 1.54) is 12.1 Å². The van der Waals surface area contributed by atoms with Gasteiger partial charge in [0.25, 0.3) is 5.91 Å². The lowest BCUT2D eigenvalue weighted by Crippen LogP contribution is -2.30. The number of benzene rings is 2. The zero-order valence-electron chi connectivity index (χ0n) is 13.7. The SMILES string of the molecule is COc1cccc(OC(C)C(=O)Nc2cc(C(=O)O)ccc2C)c1. The molecule has 24 heavy (non-hydrogen) atoms. The third kappa shape index (κ3) is 4.25. The minimum atomic E-state index is -1.05. The van der Waals surface area contributed by atoms with Gasteiger partial charge in [-0.3, -0.25) is 4.79 Å². The van der Waals surface area contributed by atoms with Gasteiger partial charge in [0, 0.05) is 11.8 Å². The van der Waals surface area contributed by atoms with E-state index in [2.05, 4.69) is 5.32 Å². The Morgan fingerprint density at radius 1 is 1.12 bits per heavy atom. The molecule has 6 heteroatoms. The smallest absolute Gasteiger partial charge is 0.335 e. The summed E-state index contributed by atoms with van der Waals surface area (Å²) < 4.78 is 10.7. The molecule has 0 spiro atoms. The van der Waals surface area contributed by atoms with Gasteiger partial charge in [-0.1, -0.05) is 12.1 Å². The monoisotopic (exact) mass is 329 g/mol. The van der Waals surface area contributed by atoms with Gasteiger partial charge in [-0.2, -0.15) is 0 Å². The van der Waals surface area contributed by atoms with Crippen LogP contribution < -0.4 is 14.8 Å². The van der Waals surface area contributed by atoms with E-state index >= 15 is 0 Å². The lowest BCUT2D eigenvalue weighted by molar-refractivity contribution is -0.122. The number of ether oxygens (including phenoxy) is 2. The van der Waals surface area contributed by atoms with Crippen LogP contribution in [0.25, 0.3) is 0 Å². The summed E-state index contributed by atoms with van der Waals surface area (Å²) in [6, 6.07) is 11.5. The van der Waals surface area contributed by atoms with Crippen LogP contribution in [-0.4, -0.2) is 30.2 Å². The van der Waals surface area contributed by atoms with Crippen LogP contribution in [0.5, 0.6) is 11.5 Å². The first kappa shape index (κ1) is 17.3. The Morgan fingerprint density at radius 2 is 1.83 bits per heavy atom. The molecule has 2 aromatic carbocycles. The summed E-state index contributed by atoms with van der Waals surface area (Å²) in [5.74, 6) is -0.284. The molecule has 0 saturated heterocycles. The third-order valence-electron chi connectivity index (χ3n) is 3.47. The van der Waals surface area contributed by atoms with Gasteiger partial charge in [0.05, 0.1) is 12.7 Å². The van der Waals surface area contributed by atoms with E-state index in [1.54, 1.807) is 51.3 Å². The van der Waals surface area contributed by atoms with Gasteiger partial charge < -0.3 is 19.9 Å². The second-order valence-electron chi connectivity index (χ2n) is 5.26. The van der Waals surface area contributed by atoms with E-state index in [0.717, 1.165) is 5.56 Å². The second kappa shape index (κ2) is 7.50. The molecule has 0 aromatic heterocycles. The largest absolute Gasteiger partial charge is 0.497 e. The molecular formula is C18H19NO5. The number of aryl methyl sites for hydroxylation is 1. The average molecular weight is 329 g/mol. The molecule has 0 aliphatic carbocycles. The zero-order chi connectivity index (χ0) is 17.7. The summed E-state index contributed by atoms with van der Waals surface area (Å²) in [6.07, 6.45) is -0.759. The zero-order valence-corrected chi connectivity index (χ0v) is 13.7. The predicted octanol–water partition coefficient (Wildman–Crippen LogP) is 3.11. The summed E-state index contributed by atoms with van der Waals surface area (Å²) in [4.78, 5) is 23.3. The molecule has 0 heterocycles. The number of aromatic carboxylic acids is 1. The van der Waals surface area contributed by atoms with Crippen molar-refractivity contribution in [3.05, 3.63) is 53.6 Å². The highest BCUT2D eigenvalue weighted by atomic mass is 16.5. The average Bonchev–Trinajstić information content (AvgIpc) is 2.56. The molecule has 0 bridgehead atoms. The number of rotatable bonds is 6. The first-order valence-corrected chi connectivity index (χ1v) is 7.36. The molecule has 0 aliphatic rings. The number of carbonyl (C=O) groups is 2. The second-order valence-corrected chi connectivity index (χ2v) is 5.26. The van der Waals surface area contributed by atoms with Gasteiger partial charge in [-0.15, -0.1) is 0 Å². The number of anilines is 1. The molecular weight excluding hydrogens is 310 g/mol. The van der Waals surface area contributed by atoms with Crippen molar-refractivity contribution in [3.8, 4) is 11.5 Å². The minimum absolute atomic E-state index is 0.109. The van der Waals surface area contributed by atoms with Crippen LogP contribution in [0.2, 0.25) is 0 Å².